The molecular weight excluding hydrogens is 236 g/mol. The van der Waals surface area contributed by atoms with Crippen LogP contribution >= 0.6 is 27.3 Å². The number of halogens is 1. The Hall–Kier alpha value is 0.100. The Bertz CT molecular complexity index is 237. The molecule has 0 aliphatic rings. The van der Waals surface area contributed by atoms with E-state index in [0.717, 1.165) is 6.54 Å². The minimum absolute atomic E-state index is 0.392. The fraction of sp³-hybridized carbons (Fsp3) is 0.500. The zero-order valence-electron chi connectivity index (χ0n) is 7.01. The van der Waals surface area contributed by atoms with Gasteiger partial charge in [0.2, 0.25) is 0 Å². The second-order valence-electron chi connectivity index (χ2n) is 2.78. The number of nitrogens with two attached hydrogens (primary N) is 1. The molecular formula is C8H13BrN2S. The molecule has 0 saturated carbocycles. The van der Waals surface area contributed by atoms with Crippen molar-refractivity contribution in [1.29, 1.82) is 0 Å². The fourth-order valence-electron chi connectivity index (χ4n) is 0.814. The van der Waals surface area contributed by atoms with Crippen LogP contribution in [0.3, 0.4) is 0 Å². The molecule has 1 heterocycles. The molecule has 2 nitrogen and oxygen atoms in total. The maximum atomic E-state index is 5.47. The number of hydrogen-bond donors (Lipinski definition) is 2. The molecule has 68 valence electrons. The molecule has 0 bridgehead atoms. The van der Waals surface area contributed by atoms with Crippen molar-refractivity contribution < 1.29 is 0 Å². The summed E-state index contributed by atoms with van der Waals surface area (Å²) >= 11 is 5.13. The lowest BCUT2D eigenvalue weighted by Crippen LogP contribution is -2.32. The minimum atomic E-state index is 0.392. The first-order valence-corrected chi connectivity index (χ1v) is 5.56. The van der Waals surface area contributed by atoms with Gasteiger partial charge in [-0.05, 0) is 39.9 Å². The van der Waals surface area contributed by atoms with Crippen LogP contribution in [0, 0.1) is 0 Å². The molecule has 0 fully saturated rings. The second-order valence-corrected chi connectivity index (χ2v) is 5.07. The standard InChI is InChI=1S/C8H13BrN2S/c1-6(3-10)11-4-7-2-8(9)12-5-7/h2,5-6,11H,3-4,10H2,1H3/t6-/m1/s1. The Kier molecular flexibility index (Phi) is 4.21. The summed E-state index contributed by atoms with van der Waals surface area (Å²) in [5.41, 5.74) is 6.78. The Morgan fingerprint density at radius 2 is 2.50 bits per heavy atom. The van der Waals surface area contributed by atoms with E-state index < -0.39 is 0 Å². The Balaban J connectivity index is 2.33. The lowest BCUT2D eigenvalue weighted by Gasteiger charge is -2.09. The second kappa shape index (κ2) is 4.97. The van der Waals surface area contributed by atoms with Gasteiger partial charge in [0.1, 0.15) is 0 Å². The molecule has 0 spiro atoms. The molecule has 4 heteroatoms. The van der Waals surface area contributed by atoms with E-state index in [2.05, 4.69) is 39.6 Å². The monoisotopic (exact) mass is 248 g/mol. The van der Waals surface area contributed by atoms with Crippen molar-refractivity contribution in [1.82, 2.24) is 5.32 Å². The molecule has 1 aromatic heterocycles. The molecule has 1 atom stereocenters. The zero-order chi connectivity index (χ0) is 8.97. The van der Waals surface area contributed by atoms with Crippen molar-refractivity contribution in [2.45, 2.75) is 19.5 Å². The van der Waals surface area contributed by atoms with E-state index in [1.807, 2.05) is 0 Å². The SMILES string of the molecule is C[C@H](CN)NCc1csc(Br)c1. The summed E-state index contributed by atoms with van der Waals surface area (Å²) in [6.07, 6.45) is 0. The predicted octanol–water partition coefficient (Wildman–Crippen LogP) is 1.95. The highest BCUT2D eigenvalue weighted by Gasteiger charge is 1.99. The summed E-state index contributed by atoms with van der Waals surface area (Å²) in [5.74, 6) is 0. The largest absolute Gasteiger partial charge is 0.329 e. The third-order valence-electron chi connectivity index (χ3n) is 1.63. The van der Waals surface area contributed by atoms with E-state index in [-0.39, 0.29) is 0 Å². The quantitative estimate of drug-likeness (QED) is 0.855. The van der Waals surface area contributed by atoms with Crippen LogP contribution in [-0.4, -0.2) is 12.6 Å². The van der Waals surface area contributed by atoms with Gasteiger partial charge in [-0.3, -0.25) is 0 Å². The van der Waals surface area contributed by atoms with Gasteiger partial charge in [-0.1, -0.05) is 0 Å². The molecule has 1 rings (SSSR count). The zero-order valence-corrected chi connectivity index (χ0v) is 9.41. The number of rotatable bonds is 4. The number of nitrogens with one attached hydrogen (secondary N) is 1. The van der Waals surface area contributed by atoms with Crippen LogP contribution in [-0.2, 0) is 6.54 Å². The first-order chi connectivity index (χ1) is 5.72. The van der Waals surface area contributed by atoms with Crippen LogP contribution < -0.4 is 11.1 Å². The maximum Gasteiger partial charge on any atom is 0.0701 e. The predicted molar refractivity (Wildman–Crippen MR) is 57.4 cm³/mol. The molecule has 3 N–H and O–H groups in total. The number of hydrogen-bond acceptors (Lipinski definition) is 3. The van der Waals surface area contributed by atoms with Crippen molar-refractivity contribution >= 4 is 27.3 Å². The summed E-state index contributed by atoms with van der Waals surface area (Å²) in [5, 5.41) is 5.46. The van der Waals surface area contributed by atoms with Gasteiger partial charge in [0.25, 0.3) is 0 Å². The lowest BCUT2D eigenvalue weighted by atomic mass is 10.3. The van der Waals surface area contributed by atoms with Crippen LogP contribution in [0.1, 0.15) is 12.5 Å². The van der Waals surface area contributed by atoms with Crippen LogP contribution in [0.5, 0.6) is 0 Å². The molecule has 0 aromatic carbocycles. The lowest BCUT2D eigenvalue weighted by molar-refractivity contribution is 0.557. The summed E-state index contributed by atoms with van der Waals surface area (Å²) in [4.78, 5) is 0. The Labute approximate surface area is 85.3 Å². The van der Waals surface area contributed by atoms with Crippen LogP contribution in [0.4, 0.5) is 0 Å². The van der Waals surface area contributed by atoms with Gasteiger partial charge >= 0.3 is 0 Å². The highest BCUT2D eigenvalue weighted by atomic mass is 79.9. The normalized spacial score (nSPS) is 13.2. The molecule has 0 aliphatic carbocycles. The molecule has 1 aromatic rings. The molecule has 0 aliphatic heterocycles. The Morgan fingerprint density at radius 1 is 1.75 bits per heavy atom. The first kappa shape index (κ1) is 10.2. The summed E-state index contributed by atoms with van der Waals surface area (Å²) in [6.45, 7) is 3.67. The fourth-order valence-corrected chi connectivity index (χ4v) is 2.02. The average molecular weight is 249 g/mol. The highest BCUT2D eigenvalue weighted by molar-refractivity contribution is 9.11. The van der Waals surface area contributed by atoms with E-state index in [4.69, 9.17) is 5.73 Å². The summed E-state index contributed by atoms with van der Waals surface area (Å²) in [6, 6.07) is 2.52. The van der Waals surface area contributed by atoms with Crippen molar-refractivity contribution in [3.63, 3.8) is 0 Å². The van der Waals surface area contributed by atoms with Crippen molar-refractivity contribution in [2.75, 3.05) is 6.54 Å². The maximum absolute atomic E-state index is 5.47. The van der Waals surface area contributed by atoms with Crippen LogP contribution in [0.15, 0.2) is 15.2 Å². The van der Waals surface area contributed by atoms with E-state index in [1.165, 1.54) is 9.35 Å². The molecule has 12 heavy (non-hydrogen) atoms. The minimum Gasteiger partial charge on any atom is -0.329 e. The van der Waals surface area contributed by atoms with Gasteiger partial charge in [-0.2, -0.15) is 0 Å². The van der Waals surface area contributed by atoms with Gasteiger partial charge in [0, 0.05) is 19.1 Å². The summed E-state index contributed by atoms with van der Waals surface area (Å²) in [7, 11) is 0. The van der Waals surface area contributed by atoms with Crippen molar-refractivity contribution in [2.24, 2.45) is 5.73 Å². The third kappa shape index (κ3) is 3.23. The molecule has 0 amide bonds. The van der Waals surface area contributed by atoms with Crippen molar-refractivity contribution in [3.05, 3.63) is 20.8 Å². The number of thiophene rings is 1. The van der Waals surface area contributed by atoms with Gasteiger partial charge < -0.3 is 11.1 Å². The topological polar surface area (TPSA) is 38.0 Å². The van der Waals surface area contributed by atoms with Gasteiger partial charge in [0.15, 0.2) is 0 Å². The van der Waals surface area contributed by atoms with Crippen LogP contribution in [0.25, 0.3) is 0 Å². The van der Waals surface area contributed by atoms with Gasteiger partial charge in [0.05, 0.1) is 3.79 Å². The van der Waals surface area contributed by atoms with Gasteiger partial charge in [-0.25, -0.2) is 0 Å². The molecule has 0 radical (unpaired) electrons. The van der Waals surface area contributed by atoms with E-state index >= 15 is 0 Å². The average Bonchev–Trinajstić information content (AvgIpc) is 2.47. The molecule has 0 saturated heterocycles. The van der Waals surface area contributed by atoms with E-state index in [0.29, 0.717) is 12.6 Å². The van der Waals surface area contributed by atoms with E-state index in [9.17, 15) is 0 Å². The Morgan fingerprint density at radius 3 is 3.00 bits per heavy atom. The molecule has 0 unspecified atom stereocenters. The van der Waals surface area contributed by atoms with E-state index in [1.54, 1.807) is 11.3 Å². The smallest absolute Gasteiger partial charge is 0.0701 e. The van der Waals surface area contributed by atoms with Crippen molar-refractivity contribution in [3.8, 4) is 0 Å². The first-order valence-electron chi connectivity index (χ1n) is 3.88. The van der Waals surface area contributed by atoms with Crippen LogP contribution in [0.2, 0.25) is 0 Å². The third-order valence-corrected chi connectivity index (χ3v) is 3.18. The summed E-state index contributed by atoms with van der Waals surface area (Å²) < 4.78 is 1.18. The van der Waals surface area contributed by atoms with Gasteiger partial charge in [-0.15, -0.1) is 11.3 Å². The highest BCUT2D eigenvalue weighted by Crippen LogP contribution is 2.20.